The zero-order valence-corrected chi connectivity index (χ0v) is 11.4. The number of hydrogen-bond acceptors (Lipinski definition) is 3. The van der Waals surface area contributed by atoms with E-state index in [0.717, 1.165) is 14.9 Å². The summed E-state index contributed by atoms with van der Waals surface area (Å²) in [6.45, 7) is 0.725. The van der Waals surface area contributed by atoms with E-state index < -0.39 is 0 Å². The molecule has 90 valence electrons. The first-order valence-electron chi connectivity index (χ1n) is 5.03. The highest BCUT2D eigenvalue weighted by molar-refractivity contribution is 9.10. The molecule has 5 heteroatoms. The lowest BCUT2D eigenvalue weighted by Gasteiger charge is -2.07. The molecule has 2 nitrogen and oxygen atoms in total. The molecule has 0 aliphatic heterocycles. The van der Waals surface area contributed by atoms with E-state index in [1.165, 1.54) is 12.1 Å². The average molecular weight is 316 g/mol. The Hall–Kier alpha value is -0.910. The largest absolute Gasteiger partial charge is 0.488 e. The van der Waals surface area contributed by atoms with Gasteiger partial charge in [0, 0.05) is 17.1 Å². The zero-order valence-electron chi connectivity index (χ0n) is 8.95. The molecule has 1 aromatic heterocycles. The van der Waals surface area contributed by atoms with Crippen LogP contribution in [-0.4, -0.2) is 0 Å². The molecule has 1 aromatic carbocycles. The molecule has 2 rings (SSSR count). The molecule has 17 heavy (non-hydrogen) atoms. The van der Waals surface area contributed by atoms with Crippen molar-refractivity contribution in [1.82, 2.24) is 0 Å². The lowest BCUT2D eigenvalue weighted by molar-refractivity contribution is 0.307. The van der Waals surface area contributed by atoms with Crippen molar-refractivity contribution >= 4 is 27.3 Å². The molecule has 0 aliphatic rings. The van der Waals surface area contributed by atoms with E-state index in [1.807, 2.05) is 11.4 Å². The van der Waals surface area contributed by atoms with Crippen LogP contribution < -0.4 is 10.5 Å². The molecule has 0 aliphatic carbocycles. The Balaban J connectivity index is 2.09. The number of ether oxygens (including phenoxy) is 1. The van der Waals surface area contributed by atoms with Gasteiger partial charge in [0.2, 0.25) is 0 Å². The summed E-state index contributed by atoms with van der Waals surface area (Å²) in [4.78, 5) is 1.07. The molecule has 0 atom stereocenters. The Kier molecular flexibility index (Phi) is 4.15. The second kappa shape index (κ2) is 5.62. The fraction of sp³-hybridized carbons (Fsp3) is 0.167. The maximum Gasteiger partial charge on any atom is 0.127 e. The van der Waals surface area contributed by atoms with Gasteiger partial charge in [0.15, 0.2) is 0 Å². The number of thiophene rings is 1. The Morgan fingerprint density at radius 2 is 2.18 bits per heavy atom. The highest BCUT2D eigenvalue weighted by Crippen LogP contribution is 2.25. The summed E-state index contributed by atoms with van der Waals surface area (Å²) in [5, 5.41) is 1.97. The van der Waals surface area contributed by atoms with Gasteiger partial charge in [0.05, 0.1) is 4.88 Å². The number of rotatable bonds is 4. The second-order valence-electron chi connectivity index (χ2n) is 3.48. The van der Waals surface area contributed by atoms with Crippen LogP contribution in [0.15, 0.2) is 34.1 Å². The fourth-order valence-electron chi connectivity index (χ4n) is 1.40. The highest BCUT2D eigenvalue weighted by atomic mass is 79.9. The highest BCUT2D eigenvalue weighted by Gasteiger charge is 2.04. The summed E-state index contributed by atoms with van der Waals surface area (Å²) in [7, 11) is 0. The van der Waals surface area contributed by atoms with Crippen LogP contribution in [-0.2, 0) is 13.2 Å². The van der Waals surface area contributed by atoms with E-state index in [-0.39, 0.29) is 5.82 Å². The summed E-state index contributed by atoms with van der Waals surface area (Å²) < 4.78 is 19.8. The van der Waals surface area contributed by atoms with Crippen LogP contribution in [0.5, 0.6) is 5.75 Å². The van der Waals surface area contributed by atoms with Crippen LogP contribution >= 0.6 is 27.3 Å². The van der Waals surface area contributed by atoms with Crippen molar-refractivity contribution in [3.8, 4) is 5.75 Å². The predicted molar refractivity (Wildman–Crippen MR) is 70.6 cm³/mol. The van der Waals surface area contributed by atoms with Crippen LogP contribution in [0, 0.1) is 5.82 Å². The van der Waals surface area contributed by atoms with Gasteiger partial charge in [-0.25, -0.2) is 4.39 Å². The smallest absolute Gasteiger partial charge is 0.127 e. The van der Waals surface area contributed by atoms with Crippen molar-refractivity contribution in [2.45, 2.75) is 13.2 Å². The van der Waals surface area contributed by atoms with Gasteiger partial charge in [-0.15, -0.1) is 11.3 Å². The summed E-state index contributed by atoms with van der Waals surface area (Å²) >= 11 is 5.01. The molecule has 0 spiro atoms. The predicted octanol–water partition coefficient (Wildman–Crippen LogP) is 3.69. The lowest BCUT2D eigenvalue weighted by atomic mass is 10.2. The third-order valence-corrected chi connectivity index (χ3v) is 4.13. The minimum atomic E-state index is -0.326. The quantitative estimate of drug-likeness (QED) is 0.934. The number of nitrogens with two attached hydrogens (primary N) is 1. The van der Waals surface area contributed by atoms with Gasteiger partial charge in [-0.2, -0.15) is 0 Å². The first-order chi connectivity index (χ1) is 8.19. The maximum atomic E-state index is 13.2. The molecule has 0 radical (unpaired) electrons. The minimum Gasteiger partial charge on any atom is -0.488 e. The third-order valence-electron chi connectivity index (χ3n) is 2.23. The lowest BCUT2D eigenvalue weighted by Crippen LogP contribution is -1.99. The van der Waals surface area contributed by atoms with Gasteiger partial charge in [-0.1, -0.05) is 0 Å². The molecule has 0 unspecified atom stereocenters. The van der Waals surface area contributed by atoms with Gasteiger partial charge in [0.25, 0.3) is 0 Å². The molecule has 2 aromatic rings. The van der Waals surface area contributed by atoms with Crippen LogP contribution in [0.4, 0.5) is 4.39 Å². The van der Waals surface area contributed by atoms with E-state index >= 15 is 0 Å². The maximum absolute atomic E-state index is 13.2. The standard InChI is InChI=1S/C12H11BrFNOS/c13-11-1-2-17-12(11)7-16-10-4-8(6-15)3-9(14)5-10/h1-5H,6-7,15H2. The number of benzene rings is 1. The Morgan fingerprint density at radius 3 is 2.82 bits per heavy atom. The third kappa shape index (κ3) is 3.28. The van der Waals surface area contributed by atoms with Crippen molar-refractivity contribution in [1.29, 1.82) is 0 Å². The van der Waals surface area contributed by atoms with Crippen molar-refractivity contribution < 1.29 is 9.13 Å². The molecule has 2 N–H and O–H groups in total. The molecule has 0 amide bonds. The average Bonchev–Trinajstić information content (AvgIpc) is 2.71. The first-order valence-corrected chi connectivity index (χ1v) is 6.70. The van der Waals surface area contributed by atoms with E-state index in [9.17, 15) is 4.39 Å². The van der Waals surface area contributed by atoms with Gasteiger partial charge in [-0.05, 0) is 45.1 Å². The Bertz CT molecular complexity index is 515. The molecular weight excluding hydrogens is 305 g/mol. The van der Waals surface area contributed by atoms with Gasteiger partial charge < -0.3 is 10.5 Å². The fourth-order valence-corrected chi connectivity index (χ4v) is 2.78. The van der Waals surface area contributed by atoms with Gasteiger partial charge in [-0.3, -0.25) is 0 Å². The molecule has 0 fully saturated rings. The molecule has 0 saturated heterocycles. The van der Waals surface area contributed by atoms with Crippen molar-refractivity contribution in [3.05, 3.63) is 50.4 Å². The summed E-state index contributed by atoms with van der Waals surface area (Å²) in [6, 6.07) is 6.49. The second-order valence-corrected chi connectivity index (χ2v) is 5.33. The van der Waals surface area contributed by atoms with Crippen LogP contribution in [0.25, 0.3) is 0 Å². The molecule has 0 saturated carbocycles. The topological polar surface area (TPSA) is 35.2 Å². The Labute approximate surface area is 111 Å². The van der Waals surface area contributed by atoms with Crippen LogP contribution in [0.2, 0.25) is 0 Å². The SMILES string of the molecule is NCc1cc(F)cc(OCc2sccc2Br)c1. The normalized spacial score (nSPS) is 10.5. The van der Waals surface area contributed by atoms with Crippen molar-refractivity contribution in [2.24, 2.45) is 5.73 Å². The monoisotopic (exact) mass is 315 g/mol. The summed E-state index contributed by atoms with van der Waals surface area (Å²) in [6.07, 6.45) is 0. The minimum absolute atomic E-state index is 0.302. The van der Waals surface area contributed by atoms with E-state index in [1.54, 1.807) is 17.4 Å². The number of hydrogen-bond donors (Lipinski definition) is 1. The summed E-state index contributed by atoms with van der Waals surface area (Å²) in [5.74, 6) is 0.180. The first kappa shape index (κ1) is 12.5. The van der Waals surface area contributed by atoms with E-state index in [4.69, 9.17) is 10.5 Å². The molecular formula is C12H11BrFNOS. The van der Waals surface area contributed by atoms with E-state index in [0.29, 0.717) is 18.9 Å². The van der Waals surface area contributed by atoms with Crippen molar-refractivity contribution in [3.63, 3.8) is 0 Å². The molecule has 1 heterocycles. The van der Waals surface area contributed by atoms with Crippen molar-refractivity contribution in [2.75, 3.05) is 0 Å². The van der Waals surface area contributed by atoms with Gasteiger partial charge >= 0.3 is 0 Å². The number of halogens is 2. The molecule has 0 bridgehead atoms. The van der Waals surface area contributed by atoms with E-state index in [2.05, 4.69) is 15.9 Å². The summed E-state index contributed by atoms with van der Waals surface area (Å²) in [5.41, 5.74) is 6.20. The van der Waals surface area contributed by atoms with Gasteiger partial charge in [0.1, 0.15) is 18.2 Å². The Morgan fingerprint density at radius 1 is 1.35 bits per heavy atom. The van der Waals surface area contributed by atoms with Crippen LogP contribution in [0.1, 0.15) is 10.4 Å². The zero-order chi connectivity index (χ0) is 12.3. The van der Waals surface area contributed by atoms with Crippen LogP contribution in [0.3, 0.4) is 0 Å².